The van der Waals surface area contributed by atoms with Crippen molar-refractivity contribution in [2.75, 3.05) is 13.7 Å². The van der Waals surface area contributed by atoms with Gasteiger partial charge in [-0.2, -0.15) is 0 Å². The van der Waals surface area contributed by atoms with Gasteiger partial charge in [-0.1, -0.05) is 0 Å². The van der Waals surface area contributed by atoms with Crippen LogP contribution in [-0.4, -0.2) is 35.2 Å². The van der Waals surface area contributed by atoms with E-state index in [0.29, 0.717) is 31.6 Å². The van der Waals surface area contributed by atoms with E-state index in [4.69, 9.17) is 9.84 Å². The summed E-state index contributed by atoms with van der Waals surface area (Å²) in [6.07, 6.45) is 1.92. The molecule has 116 valence electrons. The molecule has 0 amide bonds. The average Bonchev–Trinajstić information content (AvgIpc) is 2.46. The molecule has 0 radical (unpaired) electrons. The maximum Gasteiger partial charge on any atom is 0.323 e. The van der Waals surface area contributed by atoms with Crippen molar-refractivity contribution < 1.29 is 19.6 Å². The number of nitrogens with zero attached hydrogens (tertiary/aromatic N) is 1. The standard InChI is InChI=1S/C14H20N2O5/c1-14(15-2,13(17)18)9-3-4-10-21-12-7-5-11(6-8-12)16(19)20/h5-8,15H,3-4,9-10H2,1-2H3,(H,17,18). The molecule has 0 aliphatic carbocycles. The smallest absolute Gasteiger partial charge is 0.323 e. The van der Waals surface area contributed by atoms with Gasteiger partial charge < -0.3 is 15.2 Å². The van der Waals surface area contributed by atoms with Crippen LogP contribution in [0.4, 0.5) is 5.69 Å². The van der Waals surface area contributed by atoms with Gasteiger partial charge in [0.05, 0.1) is 11.5 Å². The fraction of sp³-hybridized carbons (Fsp3) is 0.500. The van der Waals surface area contributed by atoms with Crippen LogP contribution in [-0.2, 0) is 4.79 Å². The van der Waals surface area contributed by atoms with E-state index in [1.807, 2.05) is 0 Å². The SMILES string of the molecule is CNC(C)(CCCCOc1ccc([N+](=O)[O-])cc1)C(=O)O. The minimum atomic E-state index is -0.923. The zero-order valence-corrected chi connectivity index (χ0v) is 12.2. The number of carboxylic acid groups (broad SMARTS) is 1. The Bertz CT molecular complexity index is 489. The van der Waals surface area contributed by atoms with Crippen molar-refractivity contribution in [2.24, 2.45) is 0 Å². The summed E-state index contributed by atoms with van der Waals surface area (Å²) < 4.78 is 5.46. The van der Waals surface area contributed by atoms with Gasteiger partial charge in [0.15, 0.2) is 0 Å². The second kappa shape index (κ2) is 7.58. The normalized spacial score (nSPS) is 13.4. The molecule has 1 rings (SSSR count). The van der Waals surface area contributed by atoms with Crippen LogP contribution < -0.4 is 10.1 Å². The van der Waals surface area contributed by atoms with Crippen molar-refractivity contribution in [3.8, 4) is 5.75 Å². The third-order valence-electron chi connectivity index (χ3n) is 3.41. The third kappa shape index (κ3) is 5.03. The van der Waals surface area contributed by atoms with Crippen LogP contribution in [0.2, 0.25) is 0 Å². The van der Waals surface area contributed by atoms with E-state index in [-0.39, 0.29) is 5.69 Å². The van der Waals surface area contributed by atoms with Crippen LogP contribution >= 0.6 is 0 Å². The quantitative estimate of drug-likeness (QED) is 0.411. The molecule has 1 aromatic rings. The Balaban J connectivity index is 2.31. The first kappa shape index (κ1) is 16.9. The van der Waals surface area contributed by atoms with Crippen LogP contribution in [0.1, 0.15) is 26.2 Å². The minimum Gasteiger partial charge on any atom is -0.494 e. The number of unbranched alkanes of at least 4 members (excludes halogenated alkanes) is 1. The highest BCUT2D eigenvalue weighted by Gasteiger charge is 2.29. The summed E-state index contributed by atoms with van der Waals surface area (Å²) in [6.45, 7) is 2.09. The molecule has 21 heavy (non-hydrogen) atoms. The molecule has 0 spiro atoms. The molecule has 0 fully saturated rings. The Morgan fingerprint density at radius 2 is 2.00 bits per heavy atom. The lowest BCUT2D eigenvalue weighted by Crippen LogP contribution is -2.47. The van der Waals surface area contributed by atoms with Gasteiger partial charge in [0, 0.05) is 12.1 Å². The van der Waals surface area contributed by atoms with Crippen molar-refractivity contribution in [3.05, 3.63) is 34.4 Å². The number of ether oxygens (including phenoxy) is 1. The zero-order chi connectivity index (χ0) is 15.9. The van der Waals surface area contributed by atoms with Crippen molar-refractivity contribution in [2.45, 2.75) is 31.7 Å². The summed E-state index contributed by atoms with van der Waals surface area (Å²) in [7, 11) is 1.63. The maximum absolute atomic E-state index is 11.1. The van der Waals surface area contributed by atoms with Gasteiger partial charge in [-0.15, -0.1) is 0 Å². The monoisotopic (exact) mass is 296 g/mol. The van der Waals surface area contributed by atoms with Gasteiger partial charge in [-0.25, -0.2) is 0 Å². The number of carboxylic acids is 1. The summed E-state index contributed by atoms with van der Waals surface area (Å²) in [5.41, 5.74) is -0.901. The zero-order valence-electron chi connectivity index (χ0n) is 12.2. The number of nitro groups is 1. The predicted octanol–water partition coefficient (Wildman–Crippen LogP) is 2.21. The van der Waals surface area contributed by atoms with Crippen LogP contribution in [0.25, 0.3) is 0 Å². The molecule has 0 aliphatic heterocycles. The number of aliphatic carboxylic acids is 1. The molecule has 7 nitrogen and oxygen atoms in total. The maximum atomic E-state index is 11.1. The van der Waals surface area contributed by atoms with E-state index >= 15 is 0 Å². The van der Waals surface area contributed by atoms with Gasteiger partial charge in [0.25, 0.3) is 5.69 Å². The molecule has 2 N–H and O–H groups in total. The van der Waals surface area contributed by atoms with Crippen molar-refractivity contribution >= 4 is 11.7 Å². The summed E-state index contributed by atoms with van der Waals surface area (Å²) in [5.74, 6) is -0.309. The second-order valence-electron chi connectivity index (χ2n) is 4.94. The lowest BCUT2D eigenvalue weighted by Gasteiger charge is -2.23. The molecule has 1 atom stereocenters. The Hall–Kier alpha value is -2.15. The van der Waals surface area contributed by atoms with Gasteiger partial charge in [-0.05, 0) is 45.4 Å². The highest BCUT2D eigenvalue weighted by Crippen LogP contribution is 2.18. The van der Waals surface area contributed by atoms with Gasteiger partial charge in [-0.3, -0.25) is 14.9 Å². The number of hydrogen-bond acceptors (Lipinski definition) is 5. The molecule has 0 aliphatic rings. The van der Waals surface area contributed by atoms with Gasteiger partial charge >= 0.3 is 5.97 Å². The number of rotatable bonds is 9. The second-order valence-corrected chi connectivity index (χ2v) is 4.94. The fourth-order valence-corrected chi connectivity index (χ4v) is 1.77. The largest absolute Gasteiger partial charge is 0.494 e. The molecule has 1 aromatic carbocycles. The molecule has 0 saturated heterocycles. The van der Waals surface area contributed by atoms with Crippen LogP contribution in [0.3, 0.4) is 0 Å². The molecule has 0 heterocycles. The Kier molecular flexibility index (Phi) is 6.10. The number of carbonyl (C=O) groups is 1. The number of nitro benzene ring substituents is 1. The summed E-state index contributed by atoms with van der Waals surface area (Å²) >= 11 is 0. The number of nitrogens with one attached hydrogen (secondary N) is 1. The number of non-ortho nitro benzene ring substituents is 1. The lowest BCUT2D eigenvalue weighted by molar-refractivity contribution is -0.384. The third-order valence-corrected chi connectivity index (χ3v) is 3.41. The van der Waals surface area contributed by atoms with E-state index in [1.165, 1.54) is 12.1 Å². The van der Waals surface area contributed by atoms with Gasteiger partial charge in [0.1, 0.15) is 11.3 Å². The molecular formula is C14H20N2O5. The van der Waals surface area contributed by atoms with E-state index in [9.17, 15) is 14.9 Å². The molecule has 7 heteroatoms. The van der Waals surface area contributed by atoms with Crippen LogP contribution in [0, 0.1) is 10.1 Å². The predicted molar refractivity (Wildman–Crippen MR) is 77.5 cm³/mol. The molecule has 0 saturated carbocycles. The van der Waals surface area contributed by atoms with E-state index in [2.05, 4.69) is 5.32 Å². The van der Waals surface area contributed by atoms with E-state index in [0.717, 1.165) is 0 Å². The van der Waals surface area contributed by atoms with Crippen molar-refractivity contribution in [3.63, 3.8) is 0 Å². The average molecular weight is 296 g/mol. The highest BCUT2D eigenvalue weighted by molar-refractivity contribution is 5.78. The number of hydrogen-bond donors (Lipinski definition) is 2. The van der Waals surface area contributed by atoms with Crippen LogP contribution in [0.5, 0.6) is 5.75 Å². The van der Waals surface area contributed by atoms with Crippen LogP contribution in [0.15, 0.2) is 24.3 Å². The minimum absolute atomic E-state index is 0.0218. The summed E-state index contributed by atoms with van der Waals surface area (Å²) in [6, 6.07) is 5.87. The first-order valence-electron chi connectivity index (χ1n) is 6.68. The Morgan fingerprint density at radius 3 is 2.48 bits per heavy atom. The van der Waals surface area contributed by atoms with Gasteiger partial charge in [0.2, 0.25) is 0 Å². The van der Waals surface area contributed by atoms with Crippen molar-refractivity contribution in [1.82, 2.24) is 5.32 Å². The van der Waals surface area contributed by atoms with E-state index < -0.39 is 16.4 Å². The molecule has 0 aromatic heterocycles. The molecule has 0 bridgehead atoms. The number of likely N-dealkylation sites (N-methyl/N-ethyl adjacent to an activating group) is 1. The first-order valence-corrected chi connectivity index (χ1v) is 6.68. The fourth-order valence-electron chi connectivity index (χ4n) is 1.77. The highest BCUT2D eigenvalue weighted by atomic mass is 16.6. The Labute approximate surface area is 123 Å². The molecular weight excluding hydrogens is 276 g/mol. The number of benzene rings is 1. The van der Waals surface area contributed by atoms with E-state index in [1.54, 1.807) is 26.1 Å². The Morgan fingerprint density at radius 1 is 1.38 bits per heavy atom. The van der Waals surface area contributed by atoms with Crippen molar-refractivity contribution in [1.29, 1.82) is 0 Å². The summed E-state index contributed by atoms with van der Waals surface area (Å²) in [4.78, 5) is 21.1. The first-order chi connectivity index (χ1) is 9.89. The lowest BCUT2D eigenvalue weighted by atomic mass is 9.95. The molecule has 1 unspecified atom stereocenters. The summed E-state index contributed by atoms with van der Waals surface area (Å²) in [5, 5.41) is 22.4. The topological polar surface area (TPSA) is 102 Å².